The average Bonchev–Trinajstić information content (AvgIpc) is 2.53. The number of rotatable bonds is 2. The molecule has 2 rings (SSSR count). The maximum Gasteiger partial charge on any atom is 0.141 e. The zero-order valence-electron chi connectivity index (χ0n) is 5.53. The van der Waals surface area contributed by atoms with Gasteiger partial charge in [-0.25, -0.2) is 9.37 Å². The molecule has 2 nitrogen and oxygen atoms in total. The molecule has 58 valence electrons. The van der Waals surface area contributed by atoms with Crippen LogP contribution in [-0.2, 0) is 0 Å². The topological polar surface area (TPSA) is 17.3 Å². The van der Waals surface area contributed by atoms with E-state index in [4.69, 9.17) is 0 Å². The van der Waals surface area contributed by atoms with Gasteiger partial charge in [-0.1, -0.05) is 11.8 Å². The maximum absolute atomic E-state index is 11.9. The van der Waals surface area contributed by atoms with Gasteiger partial charge in [0.05, 0.1) is 0 Å². The zero-order valence-corrected chi connectivity index (χ0v) is 7.16. The first-order chi connectivity index (χ1) is 5.42. The number of nitrogens with zero attached hydrogens (tertiary/aromatic N) is 2. The SMILES string of the molecule is FCSc1ncn2ccsc12. The summed E-state index contributed by atoms with van der Waals surface area (Å²) in [6.45, 7) is 0. The van der Waals surface area contributed by atoms with Gasteiger partial charge in [0.25, 0.3) is 0 Å². The first kappa shape index (κ1) is 7.12. The monoisotopic (exact) mass is 188 g/mol. The largest absolute Gasteiger partial charge is 0.296 e. The predicted octanol–water partition coefficient (Wildman–Crippen LogP) is 2.41. The van der Waals surface area contributed by atoms with Crippen LogP contribution in [0.4, 0.5) is 4.39 Å². The van der Waals surface area contributed by atoms with Gasteiger partial charge in [-0.2, -0.15) is 0 Å². The van der Waals surface area contributed by atoms with Gasteiger partial charge in [0.1, 0.15) is 22.2 Å². The van der Waals surface area contributed by atoms with E-state index in [0.29, 0.717) is 0 Å². The van der Waals surface area contributed by atoms with E-state index in [0.717, 1.165) is 21.6 Å². The lowest BCUT2D eigenvalue weighted by atomic mass is 10.9. The zero-order chi connectivity index (χ0) is 7.68. The van der Waals surface area contributed by atoms with Crippen LogP contribution in [0, 0.1) is 0 Å². The molecule has 0 bridgehead atoms. The van der Waals surface area contributed by atoms with E-state index in [1.165, 1.54) is 0 Å². The summed E-state index contributed by atoms with van der Waals surface area (Å²) < 4.78 is 13.8. The van der Waals surface area contributed by atoms with Crippen LogP contribution in [0.15, 0.2) is 22.9 Å². The molecule has 0 atom stereocenters. The number of alkyl halides is 1. The Bertz CT molecular complexity index is 354. The standard InChI is InChI=1S/C6H5FN2S2/c7-3-11-5-6-9(4-8-5)1-2-10-6/h1-2,4H,3H2. The maximum atomic E-state index is 11.9. The Balaban J connectivity index is 2.51. The highest BCUT2D eigenvalue weighted by Crippen LogP contribution is 2.25. The first-order valence-electron chi connectivity index (χ1n) is 3.01. The van der Waals surface area contributed by atoms with Crippen LogP contribution in [0.25, 0.3) is 4.83 Å². The minimum atomic E-state index is -0.412. The first-order valence-corrected chi connectivity index (χ1v) is 4.87. The van der Waals surface area contributed by atoms with E-state index in [9.17, 15) is 4.39 Å². The van der Waals surface area contributed by atoms with Gasteiger partial charge in [-0.15, -0.1) is 11.3 Å². The van der Waals surface area contributed by atoms with Crippen LogP contribution in [0.1, 0.15) is 0 Å². The van der Waals surface area contributed by atoms with Crippen molar-refractivity contribution in [1.82, 2.24) is 9.38 Å². The second-order valence-electron chi connectivity index (χ2n) is 1.92. The molecule has 2 heterocycles. The third-order valence-corrected chi connectivity index (χ3v) is 3.00. The van der Waals surface area contributed by atoms with Gasteiger partial charge in [-0.3, -0.25) is 4.40 Å². The lowest BCUT2D eigenvalue weighted by Crippen LogP contribution is -1.69. The Morgan fingerprint density at radius 2 is 2.64 bits per heavy atom. The summed E-state index contributed by atoms with van der Waals surface area (Å²) in [5.74, 6) is 0. The van der Waals surface area contributed by atoms with E-state index in [1.807, 2.05) is 16.0 Å². The van der Waals surface area contributed by atoms with Gasteiger partial charge in [0.15, 0.2) is 0 Å². The number of imidazole rings is 1. The fraction of sp³-hybridized carbons (Fsp3) is 0.167. The molecule has 5 heteroatoms. The molecule has 0 aromatic carbocycles. The second kappa shape index (κ2) is 2.83. The van der Waals surface area contributed by atoms with Crippen LogP contribution >= 0.6 is 23.1 Å². The molecule has 0 fully saturated rings. The van der Waals surface area contributed by atoms with Crippen LogP contribution in [0.5, 0.6) is 0 Å². The number of hydrogen-bond acceptors (Lipinski definition) is 3. The van der Waals surface area contributed by atoms with Gasteiger partial charge < -0.3 is 0 Å². The van der Waals surface area contributed by atoms with E-state index in [-0.39, 0.29) is 0 Å². The molecule has 2 aromatic heterocycles. The number of aromatic nitrogens is 2. The Morgan fingerprint density at radius 3 is 3.45 bits per heavy atom. The van der Waals surface area contributed by atoms with Crippen LogP contribution < -0.4 is 0 Å². The van der Waals surface area contributed by atoms with Crippen LogP contribution in [0.3, 0.4) is 0 Å². The number of thiazole rings is 1. The Labute approximate surface area is 71.1 Å². The van der Waals surface area contributed by atoms with Crippen molar-refractivity contribution < 1.29 is 4.39 Å². The summed E-state index contributed by atoms with van der Waals surface area (Å²) in [5.41, 5.74) is 0. The minimum Gasteiger partial charge on any atom is -0.296 e. The minimum absolute atomic E-state index is 0.412. The molecule has 0 saturated heterocycles. The van der Waals surface area contributed by atoms with E-state index in [1.54, 1.807) is 17.7 Å². The van der Waals surface area contributed by atoms with Crippen molar-refractivity contribution in [3.05, 3.63) is 17.9 Å². The summed E-state index contributed by atoms with van der Waals surface area (Å²) in [5, 5.41) is 2.74. The van der Waals surface area contributed by atoms with Gasteiger partial charge >= 0.3 is 0 Å². The Hall–Kier alpha value is -0.550. The van der Waals surface area contributed by atoms with Crippen LogP contribution in [0.2, 0.25) is 0 Å². The Kier molecular flexibility index (Phi) is 1.83. The highest BCUT2D eigenvalue weighted by atomic mass is 32.2. The number of fused-ring (bicyclic) bond motifs is 1. The normalized spacial score (nSPS) is 11.0. The smallest absolute Gasteiger partial charge is 0.141 e. The second-order valence-corrected chi connectivity index (χ2v) is 3.71. The lowest BCUT2D eigenvalue weighted by Gasteiger charge is -1.86. The average molecular weight is 188 g/mol. The Morgan fingerprint density at radius 1 is 1.73 bits per heavy atom. The van der Waals surface area contributed by atoms with Crippen molar-refractivity contribution in [1.29, 1.82) is 0 Å². The summed E-state index contributed by atoms with van der Waals surface area (Å²) >= 11 is 2.70. The van der Waals surface area contributed by atoms with Crippen molar-refractivity contribution in [2.24, 2.45) is 0 Å². The number of halogens is 1. The van der Waals surface area contributed by atoms with Crippen molar-refractivity contribution in [3.63, 3.8) is 0 Å². The summed E-state index contributed by atoms with van der Waals surface area (Å²) in [4.78, 5) is 5.06. The highest BCUT2D eigenvalue weighted by molar-refractivity contribution is 7.99. The molecule has 2 aromatic rings. The number of hydrogen-bond donors (Lipinski definition) is 0. The van der Waals surface area contributed by atoms with Crippen molar-refractivity contribution in [3.8, 4) is 0 Å². The number of thioether (sulfide) groups is 1. The fourth-order valence-corrected chi connectivity index (χ4v) is 2.34. The highest BCUT2D eigenvalue weighted by Gasteiger charge is 2.04. The molecular weight excluding hydrogens is 183 g/mol. The van der Waals surface area contributed by atoms with Gasteiger partial charge in [-0.05, 0) is 0 Å². The van der Waals surface area contributed by atoms with E-state index in [2.05, 4.69) is 4.98 Å². The molecule has 0 unspecified atom stereocenters. The van der Waals surface area contributed by atoms with Gasteiger partial charge in [0, 0.05) is 11.6 Å². The molecule has 0 aliphatic carbocycles. The van der Waals surface area contributed by atoms with Crippen molar-refractivity contribution in [2.75, 3.05) is 6.01 Å². The molecule has 0 radical (unpaired) electrons. The third-order valence-electron chi connectivity index (χ3n) is 1.31. The van der Waals surface area contributed by atoms with Crippen molar-refractivity contribution in [2.45, 2.75) is 5.03 Å². The van der Waals surface area contributed by atoms with E-state index >= 15 is 0 Å². The fourth-order valence-electron chi connectivity index (χ4n) is 0.861. The molecule has 0 aliphatic rings. The lowest BCUT2D eigenvalue weighted by molar-refractivity contribution is 0.605. The van der Waals surface area contributed by atoms with Crippen LogP contribution in [-0.4, -0.2) is 15.4 Å². The molecule has 0 N–H and O–H groups in total. The third kappa shape index (κ3) is 1.14. The van der Waals surface area contributed by atoms with E-state index < -0.39 is 6.01 Å². The molecule has 0 aliphatic heterocycles. The quantitative estimate of drug-likeness (QED) is 0.673. The molecule has 0 saturated carbocycles. The predicted molar refractivity (Wildman–Crippen MR) is 44.9 cm³/mol. The molecular formula is C6H5FN2S2. The van der Waals surface area contributed by atoms with Gasteiger partial charge in [0.2, 0.25) is 0 Å². The molecule has 0 amide bonds. The van der Waals surface area contributed by atoms with Crippen molar-refractivity contribution >= 4 is 27.9 Å². The molecule has 0 spiro atoms. The summed E-state index contributed by atoms with van der Waals surface area (Å²) in [6.07, 6.45) is 3.61. The summed E-state index contributed by atoms with van der Waals surface area (Å²) in [7, 11) is 0. The molecule has 11 heavy (non-hydrogen) atoms. The summed E-state index contributed by atoms with van der Waals surface area (Å²) in [6, 6.07) is -0.412.